The molecule has 0 aliphatic rings. The maximum atomic E-state index is 13.4. The van der Waals surface area contributed by atoms with E-state index in [9.17, 15) is 4.39 Å². The summed E-state index contributed by atoms with van der Waals surface area (Å²) < 4.78 is 20.6. The highest BCUT2D eigenvalue weighted by molar-refractivity contribution is 9.10. The quantitative estimate of drug-likeness (QED) is 0.777. The van der Waals surface area contributed by atoms with E-state index < -0.39 is 0 Å². The van der Waals surface area contributed by atoms with Crippen molar-refractivity contribution in [1.29, 1.82) is 0 Å². The molecule has 1 aromatic carbocycles. The minimum atomic E-state index is -0.387. The molecule has 0 aliphatic heterocycles. The van der Waals surface area contributed by atoms with Crippen LogP contribution in [0, 0.1) is 5.82 Å². The molecule has 0 fully saturated rings. The standard InChI is InChI=1S/C12H9BrFN5O/c1-19-10(15)9(5-16-19)12-17-11(18-20-12)6-2-7(13)4-8(14)3-6/h2-5H,15H2,1H3. The second kappa shape index (κ2) is 4.71. The maximum Gasteiger partial charge on any atom is 0.263 e. The summed E-state index contributed by atoms with van der Waals surface area (Å²) in [5.41, 5.74) is 6.89. The predicted molar refractivity (Wildman–Crippen MR) is 74.0 cm³/mol. The van der Waals surface area contributed by atoms with Gasteiger partial charge in [0.05, 0.1) is 6.20 Å². The largest absolute Gasteiger partial charge is 0.383 e. The minimum Gasteiger partial charge on any atom is -0.383 e. The molecule has 0 saturated heterocycles. The molecular formula is C12H9BrFN5O. The number of halogens is 2. The molecule has 0 amide bonds. The normalized spacial score (nSPS) is 10.9. The van der Waals surface area contributed by atoms with E-state index in [2.05, 4.69) is 31.2 Å². The molecule has 0 bridgehead atoms. The van der Waals surface area contributed by atoms with E-state index in [0.29, 0.717) is 21.4 Å². The fourth-order valence-electron chi connectivity index (χ4n) is 1.74. The molecular weight excluding hydrogens is 329 g/mol. The van der Waals surface area contributed by atoms with E-state index in [0.717, 1.165) is 0 Å². The Morgan fingerprint density at radius 3 is 2.80 bits per heavy atom. The molecule has 0 aliphatic carbocycles. The second-order valence-electron chi connectivity index (χ2n) is 4.15. The third kappa shape index (κ3) is 2.18. The van der Waals surface area contributed by atoms with Gasteiger partial charge in [0.2, 0.25) is 5.82 Å². The van der Waals surface area contributed by atoms with Crippen molar-refractivity contribution in [2.75, 3.05) is 5.73 Å². The lowest BCUT2D eigenvalue weighted by Crippen LogP contribution is -1.98. The fourth-order valence-corrected chi connectivity index (χ4v) is 2.21. The summed E-state index contributed by atoms with van der Waals surface area (Å²) in [5, 5.41) is 7.83. The first-order valence-corrected chi connectivity index (χ1v) is 6.42. The zero-order valence-corrected chi connectivity index (χ0v) is 11.9. The van der Waals surface area contributed by atoms with Gasteiger partial charge < -0.3 is 10.3 Å². The third-order valence-corrected chi connectivity index (χ3v) is 3.22. The molecule has 2 N–H and O–H groups in total. The summed E-state index contributed by atoms with van der Waals surface area (Å²) in [7, 11) is 1.71. The Labute approximate surface area is 121 Å². The molecule has 3 aromatic rings. The molecule has 0 unspecified atom stereocenters. The summed E-state index contributed by atoms with van der Waals surface area (Å²) in [6.45, 7) is 0. The van der Waals surface area contributed by atoms with E-state index in [1.165, 1.54) is 23.0 Å². The van der Waals surface area contributed by atoms with Crippen molar-refractivity contribution in [2.24, 2.45) is 7.05 Å². The fraction of sp³-hybridized carbons (Fsp3) is 0.0833. The van der Waals surface area contributed by atoms with Gasteiger partial charge in [-0.15, -0.1) is 0 Å². The number of anilines is 1. The first-order valence-electron chi connectivity index (χ1n) is 5.62. The second-order valence-corrected chi connectivity index (χ2v) is 5.06. The van der Waals surface area contributed by atoms with Gasteiger partial charge in [-0.3, -0.25) is 4.68 Å². The smallest absolute Gasteiger partial charge is 0.263 e. The van der Waals surface area contributed by atoms with Gasteiger partial charge in [0, 0.05) is 17.1 Å². The summed E-state index contributed by atoms with van der Waals surface area (Å²) in [6, 6.07) is 4.37. The van der Waals surface area contributed by atoms with E-state index in [1.54, 1.807) is 13.1 Å². The number of benzene rings is 1. The van der Waals surface area contributed by atoms with E-state index in [-0.39, 0.29) is 17.5 Å². The van der Waals surface area contributed by atoms with E-state index >= 15 is 0 Å². The van der Waals surface area contributed by atoms with Crippen molar-refractivity contribution in [2.45, 2.75) is 0 Å². The highest BCUT2D eigenvalue weighted by Gasteiger charge is 2.16. The van der Waals surface area contributed by atoms with Crippen LogP contribution < -0.4 is 5.73 Å². The number of rotatable bonds is 2. The number of nitrogen functional groups attached to an aromatic ring is 1. The van der Waals surface area contributed by atoms with Gasteiger partial charge in [-0.1, -0.05) is 21.1 Å². The molecule has 3 rings (SSSR count). The lowest BCUT2D eigenvalue weighted by Gasteiger charge is -1.96. The predicted octanol–water partition coefficient (Wildman–Crippen LogP) is 2.62. The molecule has 0 saturated carbocycles. The van der Waals surface area contributed by atoms with Crippen LogP contribution in [-0.4, -0.2) is 19.9 Å². The highest BCUT2D eigenvalue weighted by Crippen LogP contribution is 2.27. The molecule has 2 heterocycles. The van der Waals surface area contributed by atoms with Crippen molar-refractivity contribution in [3.63, 3.8) is 0 Å². The van der Waals surface area contributed by atoms with Crippen LogP contribution in [0.15, 0.2) is 33.4 Å². The number of aromatic nitrogens is 4. The SMILES string of the molecule is Cn1ncc(-c2nc(-c3cc(F)cc(Br)c3)no2)c1N. The summed E-state index contributed by atoms with van der Waals surface area (Å²) >= 11 is 3.22. The van der Waals surface area contributed by atoms with Gasteiger partial charge in [-0.2, -0.15) is 10.1 Å². The molecule has 2 aromatic heterocycles. The van der Waals surface area contributed by atoms with Gasteiger partial charge in [0.15, 0.2) is 0 Å². The van der Waals surface area contributed by atoms with Crippen LogP contribution in [-0.2, 0) is 7.05 Å². The lowest BCUT2D eigenvalue weighted by molar-refractivity contribution is 0.432. The Morgan fingerprint density at radius 1 is 1.35 bits per heavy atom. The Morgan fingerprint density at radius 2 is 2.15 bits per heavy atom. The Hall–Kier alpha value is -2.22. The molecule has 0 radical (unpaired) electrons. The first-order chi connectivity index (χ1) is 9.54. The zero-order valence-electron chi connectivity index (χ0n) is 10.3. The molecule has 6 nitrogen and oxygen atoms in total. The number of nitrogens with zero attached hydrogens (tertiary/aromatic N) is 4. The Bertz CT molecular complexity index is 762. The summed E-state index contributed by atoms with van der Waals surface area (Å²) in [4.78, 5) is 4.21. The summed E-state index contributed by atoms with van der Waals surface area (Å²) in [5.74, 6) is 0.552. The summed E-state index contributed by atoms with van der Waals surface area (Å²) in [6.07, 6.45) is 1.54. The van der Waals surface area contributed by atoms with Crippen molar-refractivity contribution in [3.05, 3.63) is 34.7 Å². The van der Waals surface area contributed by atoms with Crippen molar-refractivity contribution in [1.82, 2.24) is 19.9 Å². The zero-order chi connectivity index (χ0) is 14.3. The Kier molecular flexibility index (Phi) is 3.01. The van der Waals surface area contributed by atoms with Gasteiger partial charge in [-0.25, -0.2) is 4.39 Å². The number of hydrogen-bond acceptors (Lipinski definition) is 5. The third-order valence-electron chi connectivity index (χ3n) is 2.76. The van der Waals surface area contributed by atoms with Crippen LogP contribution in [0.1, 0.15) is 0 Å². The topological polar surface area (TPSA) is 82.8 Å². The van der Waals surface area contributed by atoms with Crippen LogP contribution in [0.3, 0.4) is 0 Å². The van der Waals surface area contributed by atoms with Crippen molar-refractivity contribution >= 4 is 21.7 Å². The van der Waals surface area contributed by atoms with E-state index in [1.807, 2.05) is 0 Å². The van der Waals surface area contributed by atoms with Gasteiger partial charge >= 0.3 is 0 Å². The van der Waals surface area contributed by atoms with Crippen LogP contribution in [0.4, 0.5) is 10.2 Å². The molecule has 0 spiro atoms. The van der Waals surface area contributed by atoms with Crippen LogP contribution in [0.2, 0.25) is 0 Å². The molecule has 20 heavy (non-hydrogen) atoms. The number of hydrogen-bond donors (Lipinski definition) is 1. The lowest BCUT2D eigenvalue weighted by atomic mass is 10.2. The monoisotopic (exact) mass is 337 g/mol. The van der Waals surface area contributed by atoms with Crippen LogP contribution in [0.5, 0.6) is 0 Å². The van der Waals surface area contributed by atoms with Gasteiger partial charge in [0.1, 0.15) is 17.2 Å². The average Bonchev–Trinajstić information content (AvgIpc) is 2.97. The minimum absolute atomic E-state index is 0.242. The van der Waals surface area contributed by atoms with Gasteiger partial charge in [-0.05, 0) is 18.2 Å². The maximum absolute atomic E-state index is 13.4. The van der Waals surface area contributed by atoms with Crippen LogP contribution in [0.25, 0.3) is 22.8 Å². The molecule has 8 heteroatoms. The molecule has 102 valence electrons. The Balaban J connectivity index is 2.04. The van der Waals surface area contributed by atoms with E-state index in [4.69, 9.17) is 10.3 Å². The number of aryl methyl sites for hydroxylation is 1. The highest BCUT2D eigenvalue weighted by atomic mass is 79.9. The number of nitrogens with two attached hydrogens (primary N) is 1. The van der Waals surface area contributed by atoms with Crippen LogP contribution >= 0.6 is 15.9 Å². The van der Waals surface area contributed by atoms with Crippen molar-refractivity contribution in [3.8, 4) is 22.8 Å². The van der Waals surface area contributed by atoms with Gasteiger partial charge in [0.25, 0.3) is 5.89 Å². The first kappa shape index (κ1) is 12.8. The molecule has 0 atom stereocenters. The average molecular weight is 338 g/mol. The van der Waals surface area contributed by atoms with Crippen molar-refractivity contribution < 1.29 is 8.91 Å².